The quantitative estimate of drug-likeness (QED) is 0.645. The Morgan fingerprint density at radius 2 is 1.62 bits per heavy atom. The van der Waals surface area contributed by atoms with Crippen LogP contribution in [0.25, 0.3) is 0 Å². The van der Waals surface area contributed by atoms with E-state index in [2.05, 4.69) is 13.8 Å². The van der Waals surface area contributed by atoms with E-state index in [0.29, 0.717) is 18.4 Å². The number of carbonyl (C=O) groups is 1. The average Bonchev–Trinajstić information content (AvgIpc) is 2.28. The maximum atomic E-state index is 11.7. The number of primary amides is 1. The third-order valence-electron chi connectivity index (χ3n) is 3.26. The van der Waals surface area contributed by atoms with Crippen LogP contribution in [-0.4, -0.2) is 11.8 Å². The van der Waals surface area contributed by atoms with E-state index < -0.39 is 5.41 Å². The molecule has 3 nitrogen and oxygen atoms in total. The molecule has 0 spiro atoms. The lowest BCUT2D eigenvalue weighted by molar-refractivity contribution is -0.126. The zero-order valence-corrected chi connectivity index (χ0v) is 10.6. The Balaban J connectivity index is 5.05. The summed E-state index contributed by atoms with van der Waals surface area (Å²) in [4.78, 5) is 22.5. The van der Waals surface area contributed by atoms with Crippen LogP contribution >= 0.6 is 0 Å². The van der Waals surface area contributed by atoms with Crippen LogP contribution < -0.4 is 5.73 Å². The molecule has 0 saturated carbocycles. The largest absolute Gasteiger partial charge is 0.369 e. The molecule has 0 radical (unpaired) electrons. The van der Waals surface area contributed by atoms with Crippen LogP contribution in [-0.2, 0) is 9.59 Å². The maximum Gasteiger partial charge on any atom is 0.228 e. The van der Waals surface area contributed by atoms with Crippen molar-refractivity contribution in [3.8, 4) is 0 Å². The minimum atomic E-state index is -0.756. The molecule has 3 heteroatoms. The van der Waals surface area contributed by atoms with Crippen molar-refractivity contribution in [2.75, 3.05) is 0 Å². The predicted molar refractivity (Wildman–Crippen MR) is 65.6 cm³/mol. The van der Waals surface area contributed by atoms with Gasteiger partial charge in [0.2, 0.25) is 5.91 Å². The van der Waals surface area contributed by atoms with Crippen molar-refractivity contribution >= 4 is 11.8 Å². The van der Waals surface area contributed by atoms with E-state index >= 15 is 0 Å². The number of amides is 1. The van der Waals surface area contributed by atoms with Crippen LogP contribution in [0.5, 0.6) is 0 Å². The lowest BCUT2D eigenvalue weighted by Gasteiger charge is -2.29. The average molecular weight is 225 g/mol. The lowest BCUT2D eigenvalue weighted by Crippen LogP contribution is -2.38. The fraction of sp³-hybridized carbons (Fsp3) is 0.769. The highest BCUT2D eigenvalue weighted by Gasteiger charge is 2.37. The van der Waals surface area contributed by atoms with Gasteiger partial charge in [0, 0.05) is 5.57 Å². The molecule has 0 aromatic carbocycles. The third-order valence-corrected chi connectivity index (χ3v) is 3.26. The van der Waals surface area contributed by atoms with E-state index in [4.69, 9.17) is 5.73 Å². The third kappa shape index (κ3) is 3.49. The summed E-state index contributed by atoms with van der Waals surface area (Å²) in [6, 6.07) is 0. The highest BCUT2D eigenvalue weighted by molar-refractivity contribution is 5.86. The standard InChI is InChI=1S/C13H23NO2/c1-4-6-8-13(12(14)16,9-7-5-2)11(3)10-15/h4-9H2,1-3H3,(H2,14,16). The zero-order valence-electron chi connectivity index (χ0n) is 10.6. The summed E-state index contributed by atoms with van der Waals surface area (Å²) >= 11 is 0. The number of nitrogens with two attached hydrogens (primary N) is 1. The molecule has 0 saturated heterocycles. The van der Waals surface area contributed by atoms with Crippen molar-refractivity contribution in [1.82, 2.24) is 0 Å². The van der Waals surface area contributed by atoms with Crippen LogP contribution in [0.15, 0.2) is 5.57 Å². The first-order chi connectivity index (χ1) is 7.55. The topological polar surface area (TPSA) is 60.2 Å². The minimum Gasteiger partial charge on any atom is -0.369 e. The van der Waals surface area contributed by atoms with Crippen LogP contribution in [0.3, 0.4) is 0 Å². The highest BCUT2D eigenvalue weighted by Crippen LogP contribution is 2.37. The van der Waals surface area contributed by atoms with Gasteiger partial charge in [-0.3, -0.25) is 4.79 Å². The fourth-order valence-corrected chi connectivity index (χ4v) is 1.99. The second-order valence-corrected chi connectivity index (χ2v) is 4.38. The molecule has 2 N–H and O–H groups in total. The molecule has 16 heavy (non-hydrogen) atoms. The Bertz CT molecular complexity index is 270. The van der Waals surface area contributed by atoms with Gasteiger partial charge in [-0.1, -0.05) is 39.5 Å². The molecule has 0 heterocycles. The predicted octanol–water partition coefficient (Wildman–Crippen LogP) is 2.62. The van der Waals surface area contributed by atoms with Gasteiger partial charge in [-0.25, -0.2) is 4.79 Å². The molecule has 92 valence electrons. The Labute approximate surface area is 98.1 Å². The second-order valence-electron chi connectivity index (χ2n) is 4.38. The first kappa shape index (κ1) is 14.9. The summed E-state index contributed by atoms with van der Waals surface area (Å²) in [5, 5.41) is 0. The molecule has 0 aromatic rings. The molecule has 0 unspecified atom stereocenters. The van der Waals surface area contributed by atoms with Crippen molar-refractivity contribution in [1.29, 1.82) is 0 Å². The molecular formula is C13H23NO2. The van der Waals surface area contributed by atoms with Gasteiger partial charge in [-0.05, 0) is 19.8 Å². The fourth-order valence-electron chi connectivity index (χ4n) is 1.99. The van der Waals surface area contributed by atoms with Crippen molar-refractivity contribution < 1.29 is 9.59 Å². The van der Waals surface area contributed by atoms with Crippen molar-refractivity contribution in [2.45, 2.75) is 59.3 Å². The molecule has 0 aliphatic carbocycles. The Morgan fingerprint density at radius 3 is 1.88 bits per heavy atom. The number of hydrogen-bond acceptors (Lipinski definition) is 2. The van der Waals surface area contributed by atoms with Gasteiger partial charge < -0.3 is 5.73 Å². The summed E-state index contributed by atoms with van der Waals surface area (Å²) in [5.41, 5.74) is 5.19. The summed E-state index contributed by atoms with van der Waals surface area (Å²) in [6.07, 6.45) is 5.14. The smallest absolute Gasteiger partial charge is 0.228 e. The van der Waals surface area contributed by atoms with Crippen molar-refractivity contribution in [2.24, 2.45) is 11.1 Å². The molecule has 0 aliphatic rings. The lowest BCUT2D eigenvalue weighted by atomic mass is 9.72. The molecule has 0 aliphatic heterocycles. The Morgan fingerprint density at radius 1 is 1.19 bits per heavy atom. The van der Waals surface area contributed by atoms with E-state index in [1.165, 1.54) is 0 Å². The highest BCUT2D eigenvalue weighted by atomic mass is 16.1. The zero-order chi connectivity index (χ0) is 12.6. The van der Waals surface area contributed by atoms with Crippen LogP contribution in [0.1, 0.15) is 59.3 Å². The normalized spacial score (nSPS) is 10.9. The van der Waals surface area contributed by atoms with Crippen molar-refractivity contribution in [3.63, 3.8) is 0 Å². The monoisotopic (exact) mass is 225 g/mol. The summed E-state index contributed by atoms with van der Waals surface area (Å²) < 4.78 is 0. The first-order valence-electron chi connectivity index (χ1n) is 6.07. The van der Waals surface area contributed by atoms with Crippen LogP contribution in [0, 0.1) is 5.41 Å². The molecule has 0 bridgehead atoms. The molecule has 0 aromatic heterocycles. The summed E-state index contributed by atoms with van der Waals surface area (Å²) in [6.45, 7) is 5.79. The number of unbranched alkanes of at least 4 members (excludes halogenated alkanes) is 2. The summed E-state index contributed by atoms with van der Waals surface area (Å²) in [7, 11) is 0. The minimum absolute atomic E-state index is 0.379. The van der Waals surface area contributed by atoms with Gasteiger partial charge in [-0.2, -0.15) is 0 Å². The van der Waals surface area contributed by atoms with Gasteiger partial charge in [0.25, 0.3) is 0 Å². The van der Waals surface area contributed by atoms with Gasteiger partial charge >= 0.3 is 0 Å². The van der Waals surface area contributed by atoms with Crippen molar-refractivity contribution in [3.05, 3.63) is 5.57 Å². The van der Waals surface area contributed by atoms with Crippen LogP contribution in [0.2, 0.25) is 0 Å². The molecule has 1 amide bonds. The molecule has 0 atom stereocenters. The molecule has 0 rings (SSSR count). The first-order valence-corrected chi connectivity index (χ1v) is 6.07. The SMILES string of the molecule is CCCCC(CCCC)(C(N)=O)C(C)=C=O. The van der Waals surface area contributed by atoms with E-state index in [1.807, 2.05) is 5.94 Å². The van der Waals surface area contributed by atoms with Gasteiger partial charge in [-0.15, -0.1) is 0 Å². The van der Waals surface area contributed by atoms with E-state index in [-0.39, 0.29) is 5.91 Å². The Kier molecular flexibility index (Phi) is 6.75. The number of hydrogen-bond donors (Lipinski definition) is 1. The molecule has 0 fully saturated rings. The van der Waals surface area contributed by atoms with E-state index in [0.717, 1.165) is 25.7 Å². The Hall–Kier alpha value is -1.08. The van der Waals surface area contributed by atoms with Gasteiger partial charge in [0.15, 0.2) is 0 Å². The second kappa shape index (κ2) is 7.24. The van der Waals surface area contributed by atoms with E-state index in [1.54, 1.807) is 6.92 Å². The number of rotatable bonds is 8. The molecular weight excluding hydrogens is 202 g/mol. The number of carbonyl (C=O) groups excluding carboxylic acids is 2. The summed E-state index contributed by atoms with van der Waals surface area (Å²) in [5.74, 6) is 1.49. The van der Waals surface area contributed by atoms with Gasteiger partial charge in [0.1, 0.15) is 5.94 Å². The van der Waals surface area contributed by atoms with E-state index in [9.17, 15) is 9.59 Å². The maximum absolute atomic E-state index is 11.7. The van der Waals surface area contributed by atoms with Crippen LogP contribution in [0.4, 0.5) is 0 Å². The van der Waals surface area contributed by atoms with Gasteiger partial charge in [0.05, 0.1) is 5.41 Å².